The summed E-state index contributed by atoms with van der Waals surface area (Å²) in [5.41, 5.74) is 54.3. The van der Waals surface area contributed by atoms with Crippen molar-refractivity contribution in [2.75, 3.05) is 54.3 Å². The monoisotopic (exact) mass is 1880 g/mol. The maximum absolute atomic E-state index is 14.4. The van der Waals surface area contributed by atoms with Crippen LogP contribution in [-0.4, -0.2) is 144 Å². The molecule has 17 N–H and O–H groups in total. The smallest absolute Gasteiger partial charge is 0.282 e. The van der Waals surface area contributed by atoms with Crippen LogP contribution >= 0.6 is 0 Å². The molecule has 706 valence electrons. The number of nitrogens with one attached hydrogen (secondary N) is 4. The second-order valence-electron chi connectivity index (χ2n) is 33.3. The first-order chi connectivity index (χ1) is 68.1. The van der Waals surface area contributed by atoms with E-state index in [4.69, 9.17) is 60.5 Å². The van der Waals surface area contributed by atoms with E-state index >= 15 is 0 Å². The second kappa shape index (κ2) is 39.9. The summed E-state index contributed by atoms with van der Waals surface area (Å²) in [5, 5.41) is 50.2. The van der Waals surface area contributed by atoms with Gasteiger partial charge in [-0.3, -0.25) is 37.4 Å². The van der Waals surface area contributed by atoms with Crippen LogP contribution < -0.4 is 67.3 Å². The second-order valence-corrected chi connectivity index (χ2v) is 33.3. The van der Waals surface area contributed by atoms with Gasteiger partial charge in [0.15, 0.2) is 28.4 Å². The van der Waals surface area contributed by atoms with Gasteiger partial charge in [-0.15, -0.1) is 0 Å². The Bertz CT molecular complexity index is 8730. The summed E-state index contributed by atoms with van der Waals surface area (Å²) in [6, 6.07) is 58.7. The van der Waals surface area contributed by atoms with E-state index in [-0.39, 0.29) is 101 Å². The third-order valence-corrected chi connectivity index (χ3v) is 24.3. The van der Waals surface area contributed by atoms with Crippen LogP contribution in [-0.2, 0) is 39.3 Å². The van der Waals surface area contributed by atoms with Gasteiger partial charge < -0.3 is 65.5 Å². The fraction of sp³-hybridized carbons (Fsp3) is 0.165. The molecule has 20 rings (SSSR count). The van der Waals surface area contributed by atoms with Crippen molar-refractivity contribution in [2.45, 2.75) is 94.7 Å². The zero-order valence-electron chi connectivity index (χ0n) is 78.5. The molecule has 38 heteroatoms. The molecular formula is C103H97FN32O5. The van der Waals surface area contributed by atoms with Gasteiger partial charge in [-0.1, -0.05) is 145 Å². The Morgan fingerprint density at radius 2 is 0.809 bits per heavy atom. The van der Waals surface area contributed by atoms with Crippen molar-refractivity contribution in [1.29, 1.82) is 10.8 Å². The number of hydrogen-bond acceptors (Lipinski definition) is 29. The first-order valence-electron chi connectivity index (χ1n) is 44.6. The van der Waals surface area contributed by atoms with Crippen LogP contribution in [0.3, 0.4) is 0 Å². The number of fused-ring (bicyclic) bond motifs is 6. The van der Waals surface area contributed by atoms with E-state index < -0.39 is 5.82 Å². The van der Waals surface area contributed by atoms with Crippen molar-refractivity contribution in [2.24, 2.45) is 11.5 Å². The number of halogens is 1. The van der Waals surface area contributed by atoms with Crippen molar-refractivity contribution in [3.05, 3.63) is 352 Å². The molecule has 20 aromatic rings. The van der Waals surface area contributed by atoms with E-state index in [2.05, 4.69) is 88.5 Å². The van der Waals surface area contributed by atoms with Crippen molar-refractivity contribution < 1.29 is 9.50 Å². The molecular weight excluding hydrogens is 1780 g/mol. The Kier molecular flexibility index (Phi) is 26.7. The van der Waals surface area contributed by atoms with Gasteiger partial charge in [0.25, 0.3) is 22.2 Å². The Labute approximate surface area is 803 Å². The molecule has 0 spiro atoms. The number of nitrogens with zero attached hydrogens (tertiary/aromatic N) is 22. The first kappa shape index (κ1) is 94.4. The quantitative estimate of drug-likeness (QED) is 0.0249. The predicted molar refractivity (Wildman–Crippen MR) is 547 cm³/mol. The van der Waals surface area contributed by atoms with E-state index in [1.807, 2.05) is 205 Å². The zero-order chi connectivity index (χ0) is 99.5. The standard InChI is InChI=1S/C30H26FN7O.C30H27N7O.C23H23N9O2.C20H21N9O/c1-17-6-3-4-9-24(17)38-22(12-19-8-5-7-18(2)25(19)30(38)39)15-37-29-26(28(33)34-16-35-29)27(36-37)23-13-21(31)11-10-20(23)14-32;1-18-8-3-6-13-24(18)37-22(14-20-11-7-9-19(2)25(20)30(37)38)16-36-29-26(28(32)33-17-34-29)27(35-36)23-12-5-4-10-21(23)15-31;1-13-7-4-5-9-16(13)32-17(29-19(14(2)24)20(26-3)23(32)34)11-31-22-18(21(25)27-12-28-22)15(30-31)8-6-10-33;1-11-6-4-5-7-13(11)29-14(27-15(12(2)21)16(23-3)20(29)30)8-28-10-26-17-18(22)24-9-25-19(17)28/h3-13,16H,14-15,32H2,1-2H3,(H2,33,34,35);3-14,17H,15-16,31H2,1-2H3,(H2,32,33,34);4-5,7,9,12,24,26,33H,10-11H2,1-3H3,(H2,25,27,28);4-7,9-10,21,23H,8H2,1-3H3,(H2,22,24,25). The summed E-state index contributed by atoms with van der Waals surface area (Å²) in [6.45, 7) is 15.8. The lowest BCUT2D eigenvalue weighted by Gasteiger charge is -2.18. The maximum atomic E-state index is 14.4. The average molecular weight is 1880 g/mol. The molecule has 8 aromatic carbocycles. The van der Waals surface area contributed by atoms with E-state index in [1.165, 1.54) is 46.7 Å². The number of aliphatic hydroxyl groups excluding tert-OH is 1. The molecule has 0 aliphatic heterocycles. The van der Waals surface area contributed by atoms with Crippen LogP contribution in [0.4, 0.5) is 39.0 Å². The number of nitrogen functional groups attached to an aromatic ring is 4. The molecule has 0 atom stereocenters. The molecule has 37 nitrogen and oxygen atoms in total. The highest BCUT2D eigenvalue weighted by molar-refractivity contribution is 6.02. The molecule has 12 heterocycles. The first-order valence-corrected chi connectivity index (χ1v) is 44.6. The number of rotatable bonds is 20. The summed E-state index contributed by atoms with van der Waals surface area (Å²) < 4.78 is 27.7. The van der Waals surface area contributed by atoms with Crippen molar-refractivity contribution in [3.8, 4) is 57.1 Å². The minimum atomic E-state index is -0.418. The molecule has 0 aliphatic rings. The Balaban J connectivity index is 0.000000130. The number of hydrogen-bond donors (Lipinski definition) is 11. The number of benzene rings is 8. The van der Waals surface area contributed by atoms with Crippen LogP contribution in [0, 0.1) is 70.0 Å². The molecule has 0 unspecified atom stereocenters. The van der Waals surface area contributed by atoms with Gasteiger partial charge in [-0.2, -0.15) is 15.3 Å². The lowest BCUT2D eigenvalue weighted by Crippen LogP contribution is -2.30. The number of pyridine rings is 2. The zero-order valence-corrected chi connectivity index (χ0v) is 78.5. The number of aromatic nitrogens is 22. The third-order valence-electron chi connectivity index (χ3n) is 24.3. The maximum Gasteiger partial charge on any atom is 0.282 e. The minimum Gasteiger partial charge on any atom is -0.384 e. The fourth-order valence-electron chi connectivity index (χ4n) is 17.5. The Morgan fingerprint density at radius 1 is 0.411 bits per heavy atom. The number of para-hydroxylation sites is 4. The number of aryl methyl sites for hydroxylation is 6. The van der Waals surface area contributed by atoms with Crippen molar-refractivity contribution in [1.82, 2.24) is 107 Å². The minimum absolute atomic E-state index is 0.0433. The third kappa shape index (κ3) is 18.0. The Hall–Kier alpha value is -18.4. The van der Waals surface area contributed by atoms with Gasteiger partial charge in [0.1, 0.15) is 119 Å². The number of anilines is 6. The Morgan fingerprint density at radius 3 is 1.26 bits per heavy atom. The van der Waals surface area contributed by atoms with E-state index in [1.54, 1.807) is 68.0 Å². The molecule has 141 heavy (non-hydrogen) atoms. The van der Waals surface area contributed by atoms with Crippen LogP contribution in [0.5, 0.6) is 0 Å². The van der Waals surface area contributed by atoms with Crippen LogP contribution in [0.1, 0.15) is 98.5 Å². The molecule has 0 fully saturated rings. The summed E-state index contributed by atoms with van der Waals surface area (Å²) >= 11 is 0. The van der Waals surface area contributed by atoms with Gasteiger partial charge in [-0.25, -0.2) is 73.3 Å². The lowest BCUT2D eigenvalue weighted by atomic mass is 10.0. The SMILES string of the molecule is CNc1c(C(C)=N)nc(Cn2cnc3c(N)ncnc32)n(-c2ccccc2C)c1=O.CNc1c(C(C)=N)nc(Cn2nc(C#CCO)c3c(N)ncnc32)n(-c2ccccc2C)c1=O.Cc1ccccc1-n1c(Cn2nc(-c3cc(F)ccc3CN)c3c(N)ncnc32)cc2cccc(C)c2c1=O.Cc1ccccc1-n1c(Cn2nc(-c3ccccc3CN)c3c(N)ncnc32)cc2cccc(C)c2c1=O. The highest BCUT2D eigenvalue weighted by Gasteiger charge is 2.29. The van der Waals surface area contributed by atoms with E-state index in [0.717, 1.165) is 72.3 Å². The molecule has 0 aliphatic carbocycles. The normalized spacial score (nSPS) is 11.2. The summed E-state index contributed by atoms with van der Waals surface area (Å²) in [5.74, 6) is 6.76. The lowest BCUT2D eigenvalue weighted by molar-refractivity contribution is 0.350. The van der Waals surface area contributed by atoms with Gasteiger partial charge in [0.05, 0.1) is 87.1 Å². The van der Waals surface area contributed by atoms with Crippen molar-refractivity contribution in [3.63, 3.8) is 0 Å². The van der Waals surface area contributed by atoms with Gasteiger partial charge in [0, 0.05) is 49.7 Å². The van der Waals surface area contributed by atoms with Crippen molar-refractivity contribution >= 4 is 112 Å². The molecule has 0 saturated heterocycles. The molecule has 0 saturated carbocycles. The van der Waals surface area contributed by atoms with E-state index in [0.29, 0.717) is 137 Å². The predicted octanol–water partition coefficient (Wildman–Crippen LogP) is 12.0. The van der Waals surface area contributed by atoms with Crippen LogP contribution in [0.15, 0.2) is 239 Å². The largest absolute Gasteiger partial charge is 0.384 e. The molecule has 12 aromatic heterocycles. The summed E-state index contributed by atoms with van der Waals surface area (Å²) in [7, 11) is 3.27. The number of nitrogens with two attached hydrogens (primary N) is 6. The van der Waals surface area contributed by atoms with Gasteiger partial charge >= 0.3 is 0 Å². The summed E-state index contributed by atoms with van der Waals surface area (Å²) in [6.07, 6.45) is 7.08. The number of aliphatic hydroxyl groups is 1. The topological polar surface area (TPSA) is 536 Å². The molecule has 0 bridgehead atoms. The average Bonchev–Trinajstić information content (AvgIpc) is 1.63. The highest BCUT2D eigenvalue weighted by atomic mass is 19.1. The summed E-state index contributed by atoms with van der Waals surface area (Å²) in [4.78, 5) is 103. The van der Waals surface area contributed by atoms with Gasteiger partial charge in [0.2, 0.25) is 0 Å². The van der Waals surface area contributed by atoms with Gasteiger partial charge in [-0.05, 0) is 165 Å². The highest BCUT2D eigenvalue weighted by Crippen LogP contribution is 2.37. The molecule has 0 radical (unpaired) electrons. The van der Waals surface area contributed by atoms with Crippen LogP contribution in [0.25, 0.3) is 111 Å². The number of imidazole rings is 1. The van der Waals surface area contributed by atoms with E-state index in [9.17, 15) is 23.6 Å². The van der Waals surface area contributed by atoms with Crippen LogP contribution in [0.2, 0.25) is 0 Å². The fourth-order valence-corrected chi connectivity index (χ4v) is 17.5. The molecule has 0 amide bonds.